The quantitative estimate of drug-likeness (QED) is 0.853. The summed E-state index contributed by atoms with van der Waals surface area (Å²) < 4.78 is 5.18. The van der Waals surface area contributed by atoms with Crippen LogP contribution in [0.4, 0.5) is 4.79 Å². The minimum Gasteiger partial charge on any atom is -0.444 e. The molecule has 0 radical (unpaired) electrons. The average Bonchev–Trinajstić information content (AvgIpc) is 2.34. The summed E-state index contributed by atoms with van der Waals surface area (Å²) in [6.45, 7) is 7.80. The van der Waals surface area contributed by atoms with Gasteiger partial charge in [0.1, 0.15) is 5.60 Å². The Hall–Kier alpha value is -1.62. The number of hydrogen-bond donors (Lipinski definition) is 2. The van der Waals surface area contributed by atoms with E-state index in [9.17, 15) is 4.79 Å². The molecule has 0 saturated heterocycles. The number of fused-ring (bicyclic) bond motifs is 1. The van der Waals surface area contributed by atoms with Gasteiger partial charge in [0.2, 0.25) is 0 Å². The van der Waals surface area contributed by atoms with Crippen LogP contribution in [0.15, 0.2) is 12.3 Å². The number of carbonyl (C=O) groups excluding carboxylic acids is 1. The SMILES string of the molecule is CC(C)(C)OC(=O)NCc1cc2c(cn1)CCNC2. The molecule has 2 heterocycles. The molecule has 1 aliphatic heterocycles. The van der Waals surface area contributed by atoms with Crippen molar-refractivity contribution in [3.8, 4) is 0 Å². The summed E-state index contributed by atoms with van der Waals surface area (Å²) in [6, 6.07) is 2.04. The van der Waals surface area contributed by atoms with Crippen molar-refractivity contribution in [1.29, 1.82) is 0 Å². The molecule has 1 amide bonds. The molecule has 19 heavy (non-hydrogen) atoms. The van der Waals surface area contributed by atoms with Gasteiger partial charge in [-0.15, -0.1) is 0 Å². The Morgan fingerprint density at radius 1 is 1.47 bits per heavy atom. The van der Waals surface area contributed by atoms with E-state index in [1.807, 2.05) is 33.0 Å². The van der Waals surface area contributed by atoms with E-state index >= 15 is 0 Å². The highest BCUT2D eigenvalue weighted by atomic mass is 16.6. The van der Waals surface area contributed by atoms with E-state index in [4.69, 9.17) is 4.74 Å². The van der Waals surface area contributed by atoms with E-state index in [-0.39, 0.29) is 0 Å². The summed E-state index contributed by atoms with van der Waals surface area (Å²) in [5.41, 5.74) is 2.94. The number of aromatic nitrogens is 1. The molecule has 0 saturated carbocycles. The monoisotopic (exact) mass is 263 g/mol. The van der Waals surface area contributed by atoms with Crippen molar-refractivity contribution in [2.24, 2.45) is 0 Å². The zero-order chi connectivity index (χ0) is 13.9. The minimum absolute atomic E-state index is 0.391. The van der Waals surface area contributed by atoms with Gasteiger partial charge in [0, 0.05) is 12.7 Å². The largest absolute Gasteiger partial charge is 0.444 e. The summed E-state index contributed by atoms with van der Waals surface area (Å²) >= 11 is 0. The van der Waals surface area contributed by atoms with Crippen LogP contribution in [0.3, 0.4) is 0 Å². The number of alkyl carbamates (subject to hydrolysis) is 1. The molecular weight excluding hydrogens is 242 g/mol. The number of carbonyl (C=O) groups is 1. The van der Waals surface area contributed by atoms with Crippen LogP contribution in [0.2, 0.25) is 0 Å². The fraction of sp³-hybridized carbons (Fsp3) is 0.571. The Morgan fingerprint density at radius 2 is 2.26 bits per heavy atom. The molecule has 5 heteroatoms. The third-order valence-corrected chi connectivity index (χ3v) is 2.84. The van der Waals surface area contributed by atoms with Gasteiger partial charge in [-0.25, -0.2) is 4.79 Å². The van der Waals surface area contributed by atoms with Gasteiger partial charge in [-0.1, -0.05) is 0 Å². The molecule has 0 aromatic carbocycles. The second-order valence-corrected chi connectivity index (χ2v) is 5.73. The number of nitrogens with one attached hydrogen (secondary N) is 2. The van der Waals surface area contributed by atoms with Crippen molar-refractivity contribution in [1.82, 2.24) is 15.6 Å². The highest BCUT2D eigenvalue weighted by Gasteiger charge is 2.16. The van der Waals surface area contributed by atoms with Crippen LogP contribution < -0.4 is 10.6 Å². The Morgan fingerprint density at radius 3 is 3.00 bits per heavy atom. The summed E-state index contributed by atoms with van der Waals surface area (Å²) in [4.78, 5) is 15.9. The molecule has 0 fully saturated rings. The maximum absolute atomic E-state index is 11.5. The van der Waals surface area contributed by atoms with Crippen LogP contribution in [0.5, 0.6) is 0 Å². The smallest absolute Gasteiger partial charge is 0.407 e. The van der Waals surface area contributed by atoms with E-state index in [1.165, 1.54) is 11.1 Å². The van der Waals surface area contributed by atoms with Crippen LogP contribution in [0.25, 0.3) is 0 Å². The van der Waals surface area contributed by atoms with Crippen LogP contribution in [-0.4, -0.2) is 23.2 Å². The lowest BCUT2D eigenvalue weighted by Gasteiger charge is -2.20. The Labute approximate surface area is 113 Å². The Balaban J connectivity index is 1.91. The molecule has 1 aliphatic rings. The predicted molar refractivity (Wildman–Crippen MR) is 72.7 cm³/mol. The van der Waals surface area contributed by atoms with E-state index < -0.39 is 11.7 Å². The highest BCUT2D eigenvalue weighted by molar-refractivity contribution is 5.67. The lowest BCUT2D eigenvalue weighted by molar-refractivity contribution is 0.0523. The van der Waals surface area contributed by atoms with Crippen LogP contribution in [-0.2, 0) is 24.2 Å². The fourth-order valence-corrected chi connectivity index (χ4v) is 1.98. The zero-order valence-corrected chi connectivity index (χ0v) is 11.7. The standard InChI is InChI=1S/C14H21N3O2/c1-14(2,3)19-13(18)17-9-12-6-11-7-15-5-4-10(11)8-16-12/h6,8,15H,4-5,7,9H2,1-3H3,(H,17,18). The number of rotatable bonds is 2. The number of pyridine rings is 1. The van der Waals surface area contributed by atoms with E-state index in [1.54, 1.807) is 0 Å². The third kappa shape index (κ3) is 4.21. The molecule has 1 aromatic rings. The summed E-state index contributed by atoms with van der Waals surface area (Å²) in [6.07, 6.45) is 2.51. The number of amides is 1. The van der Waals surface area contributed by atoms with Gasteiger partial charge < -0.3 is 15.4 Å². The van der Waals surface area contributed by atoms with Crippen LogP contribution >= 0.6 is 0 Å². The van der Waals surface area contributed by atoms with Crippen LogP contribution in [0, 0.1) is 0 Å². The first kappa shape index (κ1) is 13.8. The number of ether oxygens (including phenoxy) is 1. The van der Waals surface area contributed by atoms with E-state index in [0.717, 1.165) is 25.2 Å². The maximum atomic E-state index is 11.5. The molecule has 2 rings (SSSR count). The van der Waals surface area contributed by atoms with Gasteiger partial charge >= 0.3 is 6.09 Å². The first-order chi connectivity index (χ1) is 8.94. The van der Waals surface area contributed by atoms with Crippen molar-refractivity contribution >= 4 is 6.09 Å². The molecule has 5 nitrogen and oxygen atoms in total. The van der Waals surface area contributed by atoms with Gasteiger partial charge in [0.05, 0.1) is 12.2 Å². The zero-order valence-electron chi connectivity index (χ0n) is 11.7. The summed E-state index contributed by atoms with van der Waals surface area (Å²) in [7, 11) is 0. The van der Waals surface area contributed by atoms with Gasteiger partial charge in [-0.2, -0.15) is 0 Å². The van der Waals surface area contributed by atoms with Crippen molar-refractivity contribution < 1.29 is 9.53 Å². The van der Waals surface area contributed by atoms with E-state index in [2.05, 4.69) is 15.6 Å². The maximum Gasteiger partial charge on any atom is 0.407 e. The van der Waals surface area contributed by atoms with Crippen LogP contribution in [0.1, 0.15) is 37.6 Å². The second kappa shape index (κ2) is 5.57. The molecular formula is C14H21N3O2. The van der Waals surface area contributed by atoms with E-state index in [0.29, 0.717) is 6.54 Å². The molecule has 104 valence electrons. The van der Waals surface area contributed by atoms with Gasteiger partial charge in [0.25, 0.3) is 0 Å². The van der Waals surface area contributed by atoms with Crippen molar-refractivity contribution in [2.45, 2.75) is 45.9 Å². The average molecular weight is 263 g/mol. The lowest BCUT2D eigenvalue weighted by Crippen LogP contribution is -2.32. The van der Waals surface area contributed by atoms with Gasteiger partial charge in [-0.3, -0.25) is 4.98 Å². The molecule has 0 spiro atoms. The Kier molecular flexibility index (Phi) is 4.04. The molecule has 0 atom stereocenters. The molecule has 2 N–H and O–H groups in total. The van der Waals surface area contributed by atoms with Crippen molar-refractivity contribution in [3.63, 3.8) is 0 Å². The normalized spacial score (nSPS) is 14.7. The van der Waals surface area contributed by atoms with Crippen molar-refractivity contribution in [2.75, 3.05) is 6.54 Å². The first-order valence-electron chi connectivity index (χ1n) is 6.58. The summed E-state index contributed by atoms with van der Waals surface area (Å²) in [5.74, 6) is 0. The molecule has 1 aromatic heterocycles. The predicted octanol–water partition coefficient (Wildman–Crippen LogP) is 1.75. The highest BCUT2D eigenvalue weighted by Crippen LogP contribution is 2.13. The first-order valence-corrected chi connectivity index (χ1v) is 6.58. The number of nitrogens with zero attached hydrogens (tertiary/aromatic N) is 1. The molecule has 0 aliphatic carbocycles. The fourth-order valence-electron chi connectivity index (χ4n) is 1.98. The minimum atomic E-state index is -0.475. The molecule has 0 unspecified atom stereocenters. The Bertz CT molecular complexity index is 466. The summed E-state index contributed by atoms with van der Waals surface area (Å²) in [5, 5.41) is 6.04. The molecule has 0 bridgehead atoms. The second-order valence-electron chi connectivity index (χ2n) is 5.73. The topological polar surface area (TPSA) is 63.2 Å². The number of hydrogen-bond acceptors (Lipinski definition) is 4. The lowest BCUT2D eigenvalue weighted by atomic mass is 10.0. The third-order valence-electron chi connectivity index (χ3n) is 2.84. The van der Waals surface area contributed by atoms with Crippen molar-refractivity contribution in [3.05, 3.63) is 29.1 Å². The van der Waals surface area contributed by atoms with Gasteiger partial charge in [-0.05, 0) is 50.9 Å². The van der Waals surface area contributed by atoms with Gasteiger partial charge in [0.15, 0.2) is 0 Å².